The van der Waals surface area contributed by atoms with E-state index in [4.69, 9.17) is 10.6 Å². The van der Waals surface area contributed by atoms with E-state index in [2.05, 4.69) is 12.5 Å². The molecule has 2 aliphatic heterocycles. The van der Waals surface area contributed by atoms with Crippen molar-refractivity contribution in [3.63, 3.8) is 0 Å². The number of quaternary nitrogens is 1. The van der Waals surface area contributed by atoms with Gasteiger partial charge in [0.05, 0.1) is 13.6 Å². The highest BCUT2D eigenvalue weighted by Crippen LogP contribution is 2.37. The van der Waals surface area contributed by atoms with E-state index >= 15 is 0 Å². The van der Waals surface area contributed by atoms with Crippen LogP contribution in [0.1, 0.15) is 0 Å². The minimum Gasteiger partial charge on any atom is -0.368 e. The summed E-state index contributed by atoms with van der Waals surface area (Å²) in [6.45, 7) is 5.18. The molecule has 4 heteroatoms. The molecule has 2 heterocycles. The lowest BCUT2D eigenvalue weighted by molar-refractivity contribution is -0.851. The molecule has 2 saturated heterocycles. The van der Waals surface area contributed by atoms with Gasteiger partial charge in [-0.05, 0) is 0 Å². The second-order valence-electron chi connectivity index (χ2n) is 3.94. The maximum atomic E-state index is 5.33. The number of hydrazine groups is 1. The van der Waals surface area contributed by atoms with E-state index < -0.39 is 0 Å². The first kappa shape index (κ1) is 7.49. The highest BCUT2D eigenvalue weighted by Gasteiger charge is 2.60. The van der Waals surface area contributed by atoms with Crippen LogP contribution in [0.2, 0.25) is 0 Å². The lowest BCUT2D eigenvalue weighted by Gasteiger charge is -2.45. The maximum absolute atomic E-state index is 5.33. The summed E-state index contributed by atoms with van der Waals surface area (Å²) in [4.78, 5) is 0. The van der Waals surface area contributed by atoms with Crippen LogP contribution in [-0.2, 0) is 4.74 Å². The van der Waals surface area contributed by atoms with Crippen LogP contribution in [-0.4, -0.2) is 49.9 Å². The minimum absolute atomic E-state index is 0.300. The molecule has 3 N–H and O–H groups in total. The van der Waals surface area contributed by atoms with Gasteiger partial charge in [-0.3, -0.25) is 11.3 Å². The van der Waals surface area contributed by atoms with Crippen LogP contribution < -0.4 is 11.3 Å². The Morgan fingerprint density at radius 3 is 2.45 bits per heavy atom. The molecule has 0 atom stereocenters. The summed E-state index contributed by atoms with van der Waals surface area (Å²) in [5.41, 5.74) is 3.06. The number of nitrogens with two attached hydrogens (primary N) is 1. The van der Waals surface area contributed by atoms with E-state index in [0.29, 0.717) is 5.54 Å². The van der Waals surface area contributed by atoms with Crippen LogP contribution >= 0.6 is 0 Å². The summed E-state index contributed by atoms with van der Waals surface area (Å²) in [6, 6.07) is 0. The normalized spacial score (nSPS) is 31.1. The van der Waals surface area contributed by atoms with Crippen molar-refractivity contribution < 1.29 is 9.22 Å². The summed E-state index contributed by atoms with van der Waals surface area (Å²) in [5.74, 6) is 5.33. The highest BCUT2D eigenvalue weighted by atomic mass is 16.5. The zero-order valence-electron chi connectivity index (χ0n) is 6.97. The van der Waals surface area contributed by atoms with Crippen LogP contribution in [0.3, 0.4) is 0 Å². The molecule has 0 bridgehead atoms. The van der Waals surface area contributed by atoms with Gasteiger partial charge in [0.1, 0.15) is 26.3 Å². The van der Waals surface area contributed by atoms with Crippen molar-refractivity contribution in [1.29, 1.82) is 0 Å². The number of hydrogen-bond acceptors (Lipinski definition) is 3. The van der Waals surface area contributed by atoms with E-state index in [-0.39, 0.29) is 0 Å². The third-order valence-corrected chi connectivity index (χ3v) is 3.21. The van der Waals surface area contributed by atoms with Crippen molar-refractivity contribution in [3.05, 3.63) is 0 Å². The Bertz CT molecular complexity index is 163. The predicted molar refractivity (Wildman–Crippen MR) is 41.7 cm³/mol. The summed E-state index contributed by atoms with van der Waals surface area (Å²) in [7, 11) is 2.28. The lowest BCUT2D eigenvalue weighted by atomic mass is 9.95. The lowest BCUT2D eigenvalue weighted by Crippen LogP contribution is -2.68. The third-order valence-electron chi connectivity index (χ3n) is 3.21. The third kappa shape index (κ3) is 0.906. The van der Waals surface area contributed by atoms with Gasteiger partial charge in [-0.25, -0.2) is 0 Å². The van der Waals surface area contributed by atoms with Gasteiger partial charge in [-0.2, -0.15) is 0 Å². The monoisotopic (exact) mass is 158 g/mol. The maximum Gasteiger partial charge on any atom is 0.160 e. The van der Waals surface area contributed by atoms with Gasteiger partial charge >= 0.3 is 0 Å². The van der Waals surface area contributed by atoms with Crippen molar-refractivity contribution in [2.45, 2.75) is 5.54 Å². The first-order valence-electron chi connectivity index (χ1n) is 4.08. The molecule has 0 aliphatic carbocycles. The molecular weight excluding hydrogens is 142 g/mol. The molecule has 0 aromatic rings. The van der Waals surface area contributed by atoms with Crippen LogP contribution in [0.4, 0.5) is 0 Å². The standard InChI is InChI=1S/C7H16N3O/c1-10(2-3-10)7(4-9-8)5-11-6-7/h9H,2-6,8H2,1H3/q+1. The Kier molecular flexibility index (Phi) is 1.47. The van der Waals surface area contributed by atoms with E-state index in [0.717, 1.165) is 24.2 Å². The molecule has 0 aromatic carbocycles. The quantitative estimate of drug-likeness (QED) is 0.232. The van der Waals surface area contributed by atoms with E-state index in [1.165, 1.54) is 13.1 Å². The number of nitrogens with zero attached hydrogens (tertiary/aromatic N) is 1. The van der Waals surface area contributed by atoms with Crippen LogP contribution in [0.15, 0.2) is 0 Å². The Morgan fingerprint density at radius 2 is 2.18 bits per heavy atom. The topological polar surface area (TPSA) is 47.3 Å². The molecule has 2 rings (SSSR count). The van der Waals surface area contributed by atoms with Gasteiger partial charge in [0.2, 0.25) is 0 Å². The van der Waals surface area contributed by atoms with Gasteiger partial charge < -0.3 is 9.22 Å². The van der Waals surface area contributed by atoms with E-state index in [1.807, 2.05) is 0 Å². The smallest absolute Gasteiger partial charge is 0.160 e. The summed E-state index contributed by atoms with van der Waals surface area (Å²) < 4.78 is 6.40. The summed E-state index contributed by atoms with van der Waals surface area (Å²) in [5, 5.41) is 0. The second-order valence-corrected chi connectivity index (χ2v) is 3.94. The van der Waals surface area contributed by atoms with Crippen LogP contribution in [0.5, 0.6) is 0 Å². The van der Waals surface area contributed by atoms with Gasteiger partial charge in [-0.15, -0.1) is 0 Å². The van der Waals surface area contributed by atoms with Gasteiger partial charge in [0.25, 0.3) is 0 Å². The number of hydrogen-bond donors (Lipinski definition) is 2. The number of likely N-dealkylation sites (N-methyl/N-ethyl adjacent to an activating group) is 1. The second kappa shape index (κ2) is 2.17. The molecular formula is C7H16N3O+. The SMILES string of the molecule is C[N+]1(C2(CNN)COC2)CC1. The van der Waals surface area contributed by atoms with Crippen molar-refractivity contribution in [1.82, 2.24) is 5.43 Å². The highest BCUT2D eigenvalue weighted by molar-refractivity contribution is 4.93. The Balaban J connectivity index is 2.04. The Labute approximate surface area is 66.9 Å². The first-order valence-corrected chi connectivity index (χ1v) is 4.08. The molecule has 2 aliphatic rings. The molecule has 0 amide bonds. The molecule has 4 nitrogen and oxygen atoms in total. The van der Waals surface area contributed by atoms with Gasteiger partial charge in [-0.1, -0.05) is 0 Å². The molecule has 0 spiro atoms. The van der Waals surface area contributed by atoms with Crippen LogP contribution in [0, 0.1) is 0 Å². The Morgan fingerprint density at radius 1 is 1.55 bits per heavy atom. The zero-order valence-corrected chi connectivity index (χ0v) is 6.97. The summed E-state index contributed by atoms with van der Waals surface area (Å²) >= 11 is 0. The fourth-order valence-corrected chi connectivity index (χ4v) is 1.76. The van der Waals surface area contributed by atoms with E-state index in [9.17, 15) is 0 Å². The predicted octanol–water partition coefficient (Wildman–Crippen LogP) is -1.32. The number of nitrogens with one attached hydrogen (secondary N) is 1. The number of rotatable bonds is 3. The molecule has 0 saturated carbocycles. The molecule has 64 valence electrons. The molecule has 0 radical (unpaired) electrons. The largest absolute Gasteiger partial charge is 0.368 e. The van der Waals surface area contributed by atoms with Crippen molar-refractivity contribution in [3.8, 4) is 0 Å². The number of ether oxygens (including phenoxy) is 1. The average Bonchev–Trinajstić information content (AvgIpc) is 2.60. The van der Waals surface area contributed by atoms with Gasteiger partial charge in [0, 0.05) is 0 Å². The molecule has 0 aromatic heterocycles. The van der Waals surface area contributed by atoms with Crippen LogP contribution in [0.25, 0.3) is 0 Å². The van der Waals surface area contributed by atoms with E-state index in [1.54, 1.807) is 0 Å². The molecule has 11 heavy (non-hydrogen) atoms. The zero-order chi connectivity index (χ0) is 7.95. The summed E-state index contributed by atoms with van der Waals surface area (Å²) in [6.07, 6.45) is 0. The first-order chi connectivity index (χ1) is 5.22. The van der Waals surface area contributed by atoms with Crippen molar-refractivity contribution in [2.24, 2.45) is 5.84 Å². The molecule has 0 unspecified atom stereocenters. The fourth-order valence-electron chi connectivity index (χ4n) is 1.76. The minimum atomic E-state index is 0.300. The van der Waals surface area contributed by atoms with Crippen molar-refractivity contribution >= 4 is 0 Å². The average molecular weight is 158 g/mol. The van der Waals surface area contributed by atoms with Gasteiger partial charge in [0.15, 0.2) is 5.54 Å². The fraction of sp³-hybridized carbons (Fsp3) is 1.00. The van der Waals surface area contributed by atoms with Crippen molar-refractivity contribution in [2.75, 3.05) is 39.9 Å². The Hall–Kier alpha value is -0.160. The molecule has 2 fully saturated rings.